The van der Waals surface area contributed by atoms with Crippen molar-refractivity contribution < 1.29 is 0 Å². The molecule has 4 aromatic rings. The SMILES string of the molecule is c1ccc(-c2nc3ccc(N4C[C@H]5C[C@@H]4CN5)nc3n2-c2ccncc2)cc1. The van der Waals surface area contributed by atoms with Crippen molar-refractivity contribution in [1.29, 1.82) is 0 Å². The molecule has 6 rings (SSSR count). The number of nitrogens with one attached hydrogen (secondary N) is 1. The summed E-state index contributed by atoms with van der Waals surface area (Å²) in [6, 6.07) is 19.6. The number of rotatable bonds is 3. The highest BCUT2D eigenvalue weighted by atomic mass is 15.3. The number of pyridine rings is 2. The standard InChI is InChI=1S/C22H20N6/c1-2-4-15(5-3-1)21-25-19-6-7-20(27-14-16-12-18(27)13-24-16)26-22(19)28(21)17-8-10-23-11-9-17/h1-11,16,18,24H,12-14H2/t16-,18-/m1/s1. The van der Waals surface area contributed by atoms with Crippen LogP contribution in [0.4, 0.5) is 5.82 Å². The van der Waals surface area contributed by atoms with Crippen molar-refractivity contribution in [3.8, 4) is 17.1 Å². The Morgan fingerprint density at radius 3 is 2.54 bits per heavy atom. The highest BCUT2D eigenvalue weighted by Gasteiger charge is 2.38. The van der Waals surface area contributed by atoms with Crippen LogP contribution in [0.3, 0.4) is 0 Å². The van der Waals surface area contributed by atoms with Crippen LogP contribution in [0.25, 0.3) is 28.2 Å². The van der Waals surface area contributed by atoms with E-state index >= 15 is 0 Å². The maximum absolute atomic E-state index is 5.08. The summed E-state index contributed by atoms with van der Waals surface area (Å²) in [6.45, 7) is 2.07. The fourth-order valence-electron chi connectivity index (χ4n) is 4.47. The molecule has 2 bridgehead atoms. The smallest absolute Gasteiger partial charge is 0.167 e. The van der Waals surface area contributed by atoms with Gasteiger partial charge in [0.2, 0.25) is 0 Å². The summed E-state index contributed by atoms with van der Waals surface area (Å²) in [6.07, 6.45) is 4.83. The molecule has 0 unspecified atom stereocenters. The van der Waals surface area contributed by atoms with Gasteiger partial charge in [-0.3, -0.25) is 9.55 Å². The van der Waals surface area contributed by atoms with Gasteiger partial charge in [-0.15, -0.1) is 0 Å². The van der Waals surface area contributed by atoms with E-state index in [0.717, 1.165) is 47.1 Å². The lowest BCUT2D eigenvalue weighted by atomic mass is 10.2. The third kappa shape index (κ3) is 2.42. The fraction of sp³-hybridized carbons (Fsp3) is 0.227. The van der Waals surface area contributed by atoms with Crippen LogP contribution in [0.2, 0.25) is 0 Å². The zero-order chi connectivity index (χ0) is 18.5. The van der Waals surface area contributed by atoms with Crippen molar-refractivity contribution in [1.82, 2.24) is 24.8 Å². The van der Waals surface area contributed by atoms with Gasteiger partial charge < -0.3 is 10.2 Å². The maximum Gasteiger partial charge on any atom is 0.167 e. The third-order valence-electron chi connectivity index (χ3n) is 5.79. The van der Waals surface area contributed by atoms with E-state index in [4.69, 9.17) is 9.97 Å². The minimum atomic E-state index is 0.542. The molecule has 0 radical (unpaired) electrons. The summed E-state index contributed by atoms with van der Waals surface area (Å²) < 4.78 is 2.14. The molecule has 2 atom stereocenters. The summed E-state index contributed by atoms with van der Waals surface area (Å²) in [7, 11) is 0. The molecular formula is C22H20N6. The minimum Gasteiger partial charge on any atom is -0.351 e. The minimum absolute atomic E-state index is 0.542. The quantitative estimate of drug-likeness (QED) is 0.602. The highest BCUT2D eigenvalue weighted by Crippen LogP contribution is 2.32. The number of hydrogen-bond acceptors (Lipinski definition) is 5. The van der Waals surface area contributed by atoms with Crippen LogP contribution in [0.1, 0.15) is 6.42 Å². The Kier molecular flexibility index (Phi) is 3.46. The normalized spacial score (nSPS) is 20.9. The number of aromatic nitrogens is 4. The molecule has 1 aromatic carbocycles. The van der Waals surface area contributed by atoms with E-state index in [-0.39, 0.29) is 0 Å². The lowest BCUT2D eigenvalue weighted by molar-refractivity contribution is 0.577. The third-order valence-corrected chi connectivity index (χ3v) is 5.79. The Morgan fingerprint density at radius 1 is 0.929 bits per heavy atom. The van der Waals surface area contributed by atoms with Gasteiger partial charge in [0.25, 0.3) is 0 Å². The number of imidazole rings is 1. The number of anilines is 1. The molecule has 0 spiro atoms. The van der Waals surface area contributed by atoms with E-state index in [2.05, 4.69) is 44.0 Å². The molecule has 28 heavy (non-hydrogen) atoms. The number of fused-ring (bicyclic) bond motifs is 3. The van der Waals surface area contributed by atoms with Gasteiger partial charge in [-0.1, -0.05) is 30.3 Å². The zero-order valence-corrected chi connectivity index (χ0v) is 15.4. The molecule has 1 N–H and O–H groups in total. The molecular weight excluding hydrogens is 348 g/mol. The van der Waals surface area contributed by atoms with Gasteiger partial charge >= 0.3 is 0 Å². The van der Waals surface area contributed by atoms with Gasteiger partial charge in [-0.25, -0.2) is 9.97 Å². The van der Waals surface area contributed by atoms with Crippen LogP contribution in [0.5, 0.6) is 0 Å². The largest absolute Gasteiger partial charge is 0.351 e. The molecule has 2 saturated heterocycles. The van der Waals surface area contributed by atoms with Gasteiger partial charge in [0.15, 0.2) is 5.65 Å². The molecule has 0 amide bonds. The summed E-state index contributed by atoms with van der Waals surface area (Å²) in [5.74, 6) is 1.94. The van der Waals surface area contributed by atoms with E-state index in [1.165, 1.54) is 6.42 Å². The van der Waals surface area contributed by atoms with Crippen molar-refractivity contribution >= 4 is 17.0 Å². The zero-order valence-electron chi connectivity index (χ0n) is 15.4. The van der Waals surface area contributed by atoms with Crippen molar-refractivity contribution in [2.45, 2.75) is 18.5 Å². The predicted molar refractivity (Wildman–Crippen MR) is 110 cm³/mol. The molecule has 0 aliphatic carbocycles. The maximum atomic E-state index is 5.08. The number of hydrogen-bond donors (Lipinski definition) is 1. The predicted octanol–water partition coefficient (Wildman–Crippen LogP) is 3.03. The molecule has 5 heterocycles. The number of nitrogens with zero attached hydrogens (tertiary/aromatic N) is 5. The monoisotopic (exact) mass is 368 g/mol. The van der Waals surface area contributed by atoms with E-state index < -0.39 is 0 Å². The Balaban J connectivity index is 1.56. The second kappa shape index (κ2) is 6.14. The Bertz CT molecular complexity index is 1140. The first-order valence-electron chi connectivity index (χ1n) is 9.72. The first-order chi connectivity index (χ1) is 13.9. The van der Waals surface area contributed by atoms with Crippen molar-refractivity contribution in [3.63, 3.8) is 0 Å². The fourth-order valence-corrected chi connectivity index (χ4v) is 4.47. The summed E-state index contributed by atoms with van der Waals surface area (Å²) >= 11 is 0. The van der Waals surface area contributed by atoms with Crippen LogP contribution in [0.15, 0.2) is 67.0 Å². The van der Waals surface area contributed by atoms with Gasteiger partial charge in [0.05, 0.1) is 5.69 Å². The molecule has 2 aliphatic heterocycles. The van der Waals surface area contributed by atoms with Crippen LogP contribution >= 0.6 is 0 Å². The summed E-state index contributed by atoms with van der Waals surface area (Å²) in [5, 5.41) is 3.56. The number of benzene rings is 1. The molecule has 3 aromatic heterocycles. The van der Waals surface area contributed by atoms with Crippen molar-refractivity contribution in [2.75, 3.05) is 18.0 Å². The highest BCUT2D eigenvalue weighted by molar-refractivity contribution is 5.81. The van der Waals surface area contributed by atoms with E-state index in [0.29, 0.717) is 12.1 Å². The van der Waals surface area contributed by atoms with E-state index in [9.17, 15) is 0 Å². The average molecular weight is 368 g/mol. The second-order valence-electron chi connectivity index (χ2n) is 7.50. The van der Waals surface area contributed by atoms with Crippen LogP contribution in [-0.2, 0) is 0 Å². The summed E-state index contributed by atoms with van der Waals surface area (Å²) in [4.78, 5) is 16.6. The first-order valence-corrected chi connectivity index (χ1v) is 9.72. The van der Waals surface area contributed by atoms with Crippen molar-refractivity contribution in [2.24, 2.45) is 0 Å². The summed E-state index contributed by atoms with van der Waals surface area (Å²) in [5.41, 5.74) is 3.88. The van der Waals surface area contributed by atoms with E-state index in [1.54, 1.807) is 0 Å². The van der Waals surface area contributed by atoms with Gasteiger partial charge in [-0.05, 0) is 30.7 Å². The van der Waals surface area contributed by atoms with Gasteiger partial charge in [0, 0.05) is 43.1 Å². The first kappa shape index (κ1) is 15.8. The lowest BCUT2D eigenvalue weighted by Crippen LogP contribution is -2.44. The molecule has 138 valence electrons. The van der Waals surface area contributed by atoms with Crippen LogP contribution < -0.4 is 10.2 Å². The topological polar surface area (TPSA) is 58.9 Å². The molecule has 6 nitrogen and oxygen atoms in total. The average Bonchev–Trinajstić information content (AvgIpc) is 3.48. The molecule has 2 aliphatic rings. The van der Waals surface area contributed by atoms with Gasteiger partial charge in [-0.2, -0.15) is 0 Å². The van der Waals surface area contributed by atoms with Crippen molar-refractivity contribution in [3.05, 3.63) is 67.0 Å². The van der Waals surface area contributed by atoms with Gasteiger partial charge in [0.1, 0.15) is 17.2 Å². The molecule has 6 heteroatoms. The molecule has 0 saturated carbocycles. The lowest BCUT2D eigenvalue weighted by Gasteiger charge is -2.28. The van der Waals surface area contributed by atoms with Crippen LogP contribution in [-0.4, -0.2) is 44.7 Å². The van der Waals surface area contributed by atoms with Crippen LogP contribution in [0, 0.1) is 0 Å². The molecule has 2 fully saturated rings. The number of piperazine rings is 1. The second-order valence-corrected chi connectivity index (χ2v) is 7.50. The van der Waals surface area contributed by atoms with E-state index in [1.807, 2.05) is 42.7 Å². The Labute approximate surface area is 162 Å². The Morgan fingerprint density at radius 2 is 1.79 bits per heavy atom. The Hall–Kier alpha value is -3.25.